The zero-order valence-electron chi connectivity index (χ0n) is 23.3. The van der Waals surface area contributed by atoms with Crippen LogP contribution in [0.25, 0.3) is 16.8 Å². The lowest BCUT2D eigenvalue weighted by Crippen LogP contribution is -2.28. The number of rotatable bonds is 6. The van der Waals surface area contributed by atoms with Gasteiger partial charge in [0.05, 0.1) is 16.3 Å². The number of hydrogen-bond donors (Lipinski definition) is 0. The van der Waals surface area contributed by atoms with Crippen LogP contribution in [0.3, 0.4) is 0 Å². The molecule has 0 spiro atoms. The monoisotopic (exact) mass is 626 g/mol. The molecule has 1 saturated heterocycles. The summed E-state index contributed by atoms with van der Waals surface area (Å²) in [7, 11) is 0. The van der Waals surface area contributed by atoms with Crippen molar-refractivity contribution in [2.75, 3.05) is 4.90 Å². The molecule has 6 rings (SSSR count). The van der Waals surface area contributed by atoms with Crippen molar-refractivity contribution in [1.82, 2.24) is 0 Å². The average Bonchev–Trinajstić information content (AvgIpc) is 3.30. The normalized spacial score (nSPS) is 15.2. The first-order valence-electron chi connectivity index (χ1n) is 13.5. The number of benzene rings is 5. The Morgan fingerprint density at radius 3 is 2.37 bits per heavy atom. The Hall–Kier alpha value is -4.10. The van der Waals surface area contributed by atoms with Gasteiger partial charge in [-0.25, -0.2) is 9.38 Å². The molecular formula is C35H25Cl2FN2O2S. The molecule has 0 bridgehead atoms. The average molecular weight is 628 g/mol. The number of aryl methyl sites for hydroxylation is 2. The number of aliphatic imine (C=N–C) groups is 1. The van der Waals surface area contributed by atoms with E-state index in [1.165, 1.54) is 17.8 Å². The van der Waals surface area contributed by atoms with Gasteiger partial charge >= 0.3 is 0 Å². The van der Waals surface area contributed by atoms with Gasteiger partial charge in [-0.15, -0.1) is 0 Å². The fourth-order valence-electron chi connectivity index (χ4n) is 4.71. The van der Waals surface area contributed by atoms with Crippen LogP contribution in [0.15, 0.2) is 107 Å². The maximum atomic E-state index is 14.4. The first kappa shape index (κ1) is 29.0. The van der Waals surface area contributed by atoms with Crippen LogP contribution >= 0.6 is 35.0 Å². The van der Waals surface area contributed by atoms with E-state index in [2.05, 4.69) is 0 Å². The molecule has 1 amide bonds. The van der Waals surface area contributed by atoms with E-state index in [0.29, 0.717) is 48.4 Å². The van der Waals surface area contributed by atoms with Crippen molar-refractivity contribution in [2.24, 2.45) is 4.99 Å². The Morgan fingerprint density at radius 2 is 1.60 bits per heavy atom. The quantitative estimate of drug-likeness (QED) is 0.176. The van der Waals surface area contributed by atoms with Crippen LogP contribution in [0.2, 0.25) is 10.0 Å². The summed E-state index contributed by atoms with van der Waals surface area (Å²) in [6.07, 6.45) is 1.82. The highest BCUT2D eigenvalue weighted by atomic mass is 35.5. The second-order valence-corrected chi connectivity index (χ2v) is 11.9. The second-order valence-electron chi connectivity index (χ2n) is 10.1. The van der Waals surface area contributed by atoms with Gasteiger partial charge < -0.3 is 4.74 Å². The van der Waals surface area contributed by atoms with E-state index < -0.39 is 0 Å². The smallest absolute Gasteiger partial charge is 0.271 e. The molecule has 4 nitrogen and oxygen atoms in total. The number of carbonyl (C=O) groups excluding carboxylic acids is 1. The third-order valence-electron chi connectivity index (χ3n) is 7.15. The molecule has 0 aromatic heterocycles. The van der Waals surface area contributed by atoms with E-state index in [9.17, 15) is 9.18 Å². The molecule has 1 aliphatic heterocycles. The fraction of sp³-hybridized carbons (Fsp3) is 0.0857. The lowest BCUT2D eigenvalue weighted by molar-refractivity contribution is -0.113. The van der Waals surface area contributed by atoms with Gasteiger partial charge in [-0.05, 0) is 90.0 Å². The van der Waals surface area contributed by atoms with Gasteiger partial charge in [0, 0.05) is 21.2 Å². The van der Waals surface area contributed by atoms with E-state index in [4.69, 9.17) is 32.9 Å². The van der Waals surface area contributed by atoms with E-state index in [0.717, 1.165) is 21.9 Å². The summed E-state index contributed by atoms with van der Waals surface area (Å²) in [4.78, 5) is 20.9. The number of ether oxygens (including phenoxy) is 1. The molecule has 0 unspecified atom stereocenters. The molecule has 0 saturated carbocycles. The Bertz CT molecular complexity index is 1960. The van der Waals surface area contributed by atoms with Crippen molar-refractivity contribution >= 4 is 74.3 Å². The van der Waals surface area contributed by atoms with Gasteiger partial charge in [-0.1, -0.05) is 83.9 Å². The molecular weight excluding hydrogens is 602 g/mol. The molecule has 8 heteroatoms. The minimum atomic E-state index is -0.339. The van der Waals surface area contributed by atoms with Crippen LogP contribution in [0.4, 0.5) is 15.8 Å². The van der Waals surface area contributed by atoms with Crippen LogP contribution in [0.1, 0.15) is 22.3 Å². The van der Waals surface area contributed by atoms with E-state index in [1.54, 1.807) is 35.2 Å². The van der Waals surface area contributed by atoms with Gasteiger partial charge in [0.1, 0.15) is 18.2 Å². The number of nitrogens with zero attached hydrogens (tertiary/aromatic N) is 2. The largest absolute Gasteiger partial charge is 0.488 e. The summed E-state index contributed by atoms with van der Waals surface area (Å²) >= 11 is 14.1. The number of amidine groups is 1. The number of amides is 1. The van der Waals surface area contributed by atoms with E-state index in [1.807, 2.05) is 80.6 Å². The van der Waals surface area contributed by atoms with E-state index >= 15 is 0 Å². The predicted molar refractivity (Wildman–Crippen MR) is 177 cm³/mol. The lowest BCUT2D eigenvalue weighted by atomic mass is 10.0. The highest BCUT2D eigenvalue weighted by molar-refractivity contribution is 8.19. The van der Waals surface area contributed by atoms with Crippen LogP contribution in [0, 0.1) is 19.7 Å². The van der Waals surface area contributed by atoms with Crippen molar-refractivity contribution in [3.63, 3.8) is 0 Å². The molecule has 43 heavy (non-hydrogen) atoms. The maximum absolute atomic E-state index is 14.4. The topological polar surface area (TPSA) is 41.9 Å². The zero-order chi connectivity index (χ0) is 30.1. The molecule has 0 aliphatic carbocycles. The van der Waals surface area contributed by atoms with Crippen molar-refractivity contribution in [2.45, 2.75) is 20.5 Å². The van der Waals surface area contributed by atoms with Crippen LogP contribution in [-0.4, -0.2) is 11.1 Å². The van der Waals surface area contributed by atoms with Gasteiger partial charge in [0.15, 0.2) is 5.17 Å². The Labute approximate surface area is 263 Å². The Kier molecular flexibility index (Phi) is 8.26. The van der Waals surface area contributed by atoms with Crippen LogP contribution in [-0.2, 0) is 11.4 Å². The summed E-state index contributed by atoms with van der Waals surface area (Å²) in [6, 6.07) is 29.2. The molecule has 1 heterocycles. The van der Waals surface area contributed by atoms with E-state index in [-0.39, 0.29) is 18.3 Å². The fourth-order valence-corrected chi connectivity index (χ4v) is 6.04. The highest BCUT2D eigenvalue weighted by Crippen LogP contribution is 2.41. The molecule has 5 aromatic carbocycles. The lowest BCUT2D eigenvalue weighted by Gasteiger charge is -2.17. The predicted octanol–water partition coefficient (Wildman–Crippen LogP) is 10.3. The van der Waals surface area contributed by atoms with Crippen LogP contribution in [0.5, 0.6) is 5.75 Å². The first-order valence-corrected chi connectivity index (χ1v) is 15.1. The molecule has 0 radical (unpaired) electrons. The second kappa shape index (κ2) is 12.3. The summed E-state index contributed by atoms with van der Waals surface area (Å²) in [6.45, 7) is 3.87. The van der Waals surface area contributed by atoms with Gasteiger partial charge in [-0.2, -0.15) is 0 Å². The molecule has 1 fully saturated rings. The van der Waals surface area contributed by atoms with Crippen molar-refractivity contribution < 1.29 is 13.9 Å². The summed E-state index contributed by atoms with van der Waals surface area (Å²) in [5.74, 6) is -0.0625. The molecule has 5 aromatic rings. The van der Waals surface area contributed by atoms with Gasteiger partial charge in [0.25, 0.3) is 5.91 Å². The third kappa shape index (κ3) is 6.04. The summed E-state index contributed by atoms with van der Waals surface area (Å²) < 4.78 is 20.5. The molecule has 214 valence electrons. The number of anilines is 1. The van der Waals surface area contributed by atoms with Crippen molar-refractivity contribution in [3.05, 3.63) is 140 Å². The van der Waals surface area contributed by atoms with Crippen molar-refractivity contribution in [3.8, 4) is 5.75 Å². The standard InChI is InChI=1S/C35H25Cl2FN2O2S/c1-21-11-14-25(17-29(21)36)39-35-40(26-15-12-22(2)30(37)18-26)34(41)33(43-35)19-28-27-9-5-3-7-23(27)13-16-32(28)42-20-24-8-4-6-10-31(24)38/h3-19H,20H2,1-2H3/b33-19+,39-35?. The third-order valence-corrected chi connectivity index (χ3v) is 8.93. The number of carbonyl (C=O) groups is 1. The summed E-state index contributed by atoms with van der Waals surface area (Å²) in [5, 5.41) is 3.47. The first-order chi connectivity index (χ1) is 20.8. The summed E-state index contributed by atoms with van der Waals surface area (Å²) in [5.41, 5.74) is 4.21. The Morgan fingerprint density at radius 1 is 0.884 bits per heavy atom. The van der Waals surface area contributed by atoms with Crippen molar-refractivity contribution in [1.29, 1.82) is 0 Å². The highest BCUT2D eigenvalue weighted by Gasteiger charge is 2.35. The SMILES string of the molecule is Cc1ccc(N=C2S/C(=C/c3c(OCc4ccccc4F)ccc4ccccc34)C(=O)N2c2ccc(C)c(Cl)c2)cc1Cl. The minimum Gasteiger partial charge on any atom is -0.488 e. The molecule has 0 atom stereocenters. The number of hydrogen-bond acceptors (Lipinski definition) is 4. The van der Waals surface area contributed by atoms with Crippen LogP contribution < -0.4 is 9.64 Å². The zero-order valence-corrected chi connectivity index (χ0v) is 25.6. The Balaban J connectivity index is 1.46. The molecule has 1 aliphatic rings. The number of halogens is 3. The number of thioether (sulfide) groups is 1. The van der Waals surface area contributed by atoms with Gasteiger partial charge in [-0.3, -0.25) is 9.69 Å². The minimum absolute atomic E-state index is 0.0388. The maximum Gasteiger partial charge on any atom is 0.271 e. The van der Waals surface area contributed by atoms with Gasteiger partial charge in [0.2, 0.25) is 0 Å². The number of fused-ring (bicyclic) bond motifs is 1. The molecule has 0 N–H and O–H groups in total.